The van der Waals surface area contributed by atoms with Crippen molar-refractivity contribution in [1.82, 2.24) is 20.1 Å². The summed E-state index contributed by atoms with van der Waals surface area (Å²) in [7, 11) is 0. The second-order valence-corrected chi connectivity index (χ2v) is 9.29. The third kappa shape index (κ3) is 4.59. The van der Waals surface area contributed by atoms with Gasteiger partial charge in [-0.25, -0.2) is 0 Å². The molecule has 0 bridgehead atoms. The van der Waals surface area contributed by atoms with E-state index in [1.807, 2.05) is 72.2 Å². The molecule has 0 spiro atoms. The summed E-state index contributed by atoms with van der Waals surface area (Å²) >= 11 is 1.46. The van der Waals surface area contributed by atoms with Gasteiger partial charge in [0.2, 0.25) is 5.91 Å². The molecule has 0 radical (unpaired) electrons. The number of amides is 1. The largest absolute Gasteiger partial charge is 0.352 e. The number of hydrogen-bond donors (Lipinski definition) is 1. The first-order chi connectivity index (χ1) is 14.6. The summed E-state index contributed by atoms with van der Waals surface area (Å²) < 4.78 is 2.03. The zero-order valence-corrected chi connectivity index (χ0v) is 18.3. The maximum Gasteiger partial charge on any atom is 0.233 e. The smallest absolute Gasteiger partial charge is 0.233 e. The number of para-hydroxylation sites is 1. The maximum atomic E-state index is 12.9. The molecule has 1 aliphatic carbocycles. The molecule has 1 aliphatic rings. The molecule has 156 valence electrons. The van der Waals surface area contributed by atoms with Gasteiger partial charge in [-0.05, 0) is 37.8 Å². The number of carbonyl (C=O) groups excluding carboxylic acids is 1. The maximum absolute atomic E-state index is 12.9. The molecule has 3 aromatic rings. The lowest BCUT2D eigenvalue weighted by molar-refractivity contribution is -0.121. The third-order valence-electron chi connectivity index (χ3n) is 5.77. The highest BCUT2D eigenvalue weighted by molar-refractivity contribution is 8.00. The van der Waals surface area contributed by atoms with Gasteiger partial charge < -0.3 is 5.32 Å². The van der Waals surface area contributed by atoms with Gasteiger partial charge >= 0.3 is 0 Å². The number of hydrogen-bond acceptors (Lipinski definition) is 4. The van der Waals surface area contributed by atoms with Gasteiger partial charge in [-0.15, -0.1) is 10.2 Å². The molecular formula is C24H28N4OS. The van der Waals surface area contributed by atoms with Crippen molar-refractivity contribution in [2.24, 2.45) is 5.92 Å². The first kappa shape index (κ1) is 20.7. The lowest BCUT2D eigenvalue weighted by atomic mass is 9.86. The van der Waals surface area contributed by atoms with E-state index in [0.717, 1.165) is 28.7 Å². The van der Waals surface area contributed by atoms with Gasteiger partial charge in [0.15, 0.2) is 11.0 Å². The molecule has 30 heavy (non-hydrogen) atoms. The van der Waals surface area contributed by atoms with Crippen LogP contribution in [0.25, 0.3) is 17.1 Å². The fraction of sp³-hybridized carbons (Fsp3) is 0.375. The molecule has 5 nitrogen and oxygen atoms in total. The van der Waals surface area contributed by atoms with Gasteiger partial charge in [-0.1, -0.05) is 80.1 Å². The van der Waals surface area contributed by atoms with Gasteiger partial charge in [0.1, 0.15) is 0 Å². The highest BCUT2D eigenvalue weighted by Gasteiger charge is 2.27. The van der Waals surface area contributed by atoms with Crippen molar-refractivity contribution in [3.63, 3.8) is 0 Å². The molecule has 0 unspecified atom stereocenters. The molecule has 2 aromatic carbocycles. The van der Waals surface area contributed by atoms with E-state index in [9.17, 15) is 4.79 Å². The Kier molecular flexibility index (Phi) is 6.53. The minimum absolute atomic E-state index is 0.0719. The number of nitrogens with one attached hydrogen (secondary N) is 1. The van der Waals surface area contributed by atoms with Crippen LogP contribution >= 0.6 is 11.8 Å². The van der Waals surface area contributed by atoms with Crippen LogP contribution in [0.15, 0.2) is 65.8 Å². The number of thioether (sulfide) groups is 1. The average molecular weight is 421 g/mol. The summed E-state index contributed by atoms with van der Waals surface area (Å²) in [4.78, 5) is 12.9. The summed E-state index contributed by atoms with van der Waals surface area (Å²) in [5, 5.41) is 12.6. The molecule has 1 N–H and O–H groups in total. The Morgan fingerprint density at radius 2 is 1.70 bits per heavy atom. The molecule has 1 fully saturated rings. The molecule has 4 rings (SSSR count). The zero-order chi connectivity index (χ0) is 20.9. The lowest BCUT2D eigenvalue weighted by Crippen LogP contribution is -2.44. The number of benzene rings is 2. The van der Waals surface area contributed by atoms with Crippen LogP contribution in [0, 0.1) is 5.92 Å². The molecule has 6 heteroatoms. The Hall–Kier alpha value is -2.60. The van der Waals surface area contributed by atoms with Crippen LogP contribution in [0.3, 0.4) is 0 Å². The molecule has 1 aromatic heterocycles. The Bertz CT molecular complexity index is 973. The predicted octanol–water partition coefficient (Wildman–Crippen LogP) is 5.11. The van der Waals surface area contributed by atoms with Crippen LogP contribution in [0.1, 0.15) is 39.5 Å². The molecule has 1 amide bonds. The monoisotopic (exact) mass is 420 g/mol. The van der Waals surface area contributed by atoms with E-state index in [1.165, 1.54) is 31.0 Å². The van der Waals surface area contributed by atoms with E-state index >= 15 is 0 Å². The van der Waals surface area contributed by atoms with E-state index in [-0.39, 0.29) is 17.2 Å². The predicted molar refractivity (Wildman–Crippen MR) is 122 cm³/mol. The van der Waals surface area contributed by atoms with Gasteiger partial charge in [-0.2, -0.15) is 0 Å². The van der Waals surface area contributed by atoms with Crippen LogP contribution in [-0.4, -0.2) is 32.0 Å². The Labute approximate surface area is 182 Å². The Balaban J connectivity index is 1.58. The second-order valence-electron chi connectivity index (χ2n) is 7.98. The van der Waals surface area contributed by atoms with E-state index in [4.69, 9.17) is 0 Å². The first-order valence-electron chi connectivity index (χ1n) is 10.7. The van der Waals surface area contributed by atoms with Gasteiger partial charge in [0, 0.05) is 17.3 Å². The van der Waals surface area contributed by atoms with Crippen LogP contribution < -0.4 is 5.32 Å². The van der Waals surface area contributed by atoms with Crippen molar-refractivity contribution < 1.29 is 4.79 Å². The van der Waals surface area contributed by atoms with Crippen LogP contribution in [-0.2, 0) is 4.79 Å². The van der Waals surface area contributed by atoms with Crippen LogP contribution in [0.5, 0.6) is 0 Å². The third-order valence-corrected chi connectivity index (χ3v) is 6.81. The van der Waals surface area contributed by atoms with Crippen LogP contribution in [0.2, 0.25) is 0 Å². The SMILES string of the molecule is C[C@@H](Sc1nnc(-c2ccccc2)n1-c1ccccc1)C(=O)N[C@H]1CCCC[C@@H]1C. The van der Waals surface area contributed by atoms with Crippen molar-refractivity contribution in [3.8, 4) is 17.1 Å². The molecule has 3 atom stereocenters. The first-order valence-corrected chi connectivity index (χ1v) is 11.5. The number of rotatable bonds is 6. The summed E-state index contributed by atoms with van der Waals surface area (Å²) in [6.07, 6.45) is 4.72. The summed E-state index contributed by atoms with van der Waals surface area (Å²) in [5.41, 5.74) is 1.98. The lowest BCUT2D eigenvalue weighted by Gasteiger charge is -2.30. The Morgan fingerprint density at radius 1 is 1.03 bits per heavy atom. The molecular weight excluding hydrogens is 392 g/mol. The number of nitrogens with zero attached hydrogens (tertiary/aromatic N) is 3. The zero-order valence-electron chi connectivity index (χ0n) is 17.5. The van der Waals surface area contributed by atoms with E-state index < -0.39 is 0 Å². The normalized spacial score (nSPS) is 19.9. The van der Waals surface area contributed by atoms with E-state index in [1.54, 1.807) is 0 Å². The minimum atomic E-state index is -0.255. The average Bonchev–Trinajstić information content (AvgIpc) is 3.20. The van der Waals surface area contributed by atoms with E-state index in [2.05, 4.69) is 22.4 Å². The summed E-state index contributed by atoms with van der Waals surface area (Å²) in [6.45, 7) is 4.18. The summed E-state index contributed by atoms with van der Waals surface area (Å²) in [5.74, 6) is 1.39. The van der Waals surface area contributed by atoms with Gasteiger partial charge in [0.25, 0.3) is 0 Å². The van der Waals surface area contributed by atoms with E-state index in [0.29, 0.717) is 5.92 Å². The fourth-order valence-corrected chi connectivity index (χ4v) is 4.85. The quantitative estimate of drug-likeness (QED) is 0.563. The van der Waals surface area contributed by atoms with Crippen molar-refractivity contribution in [2.75, 3.05) is 0 Å². The molecule has 0 saturated heterocycles. The standard InChI is InChI=1S/C24H28N4OS/c1-17-11-9-10-16-21(17)25-23(29)18(2)30-24-27-26-22(19-12-5-3-6-13-19)28(24)20-14-7-4-8-15-20/h3-8,12-15,17-18,21H,9-11,16H2,1-2H3,(H,25,29)/t17-,18+,21-/m0/s1. The van der Waals surface area contributed by atoms with Crippen molar-refractivity contribution in [2.45, 2.75) is 56.0 Å². The van der Waals surface area contributed by atoms with Gasteiger partial charge in [0.05, 0.1) is 5.25 Å². The highest BCUT2D eigenvalue weighted by atomic mass is 32.2. The number of carbonyl (C=O) groups is 1. The molecule has 1 heterocycles. The Morgan fingerprint density at radius 3 is 2.40 bits per heavy atom. The fourth-order valence-electron chi connectivity index (χ4n) is 3.97. The molecule has 1 saturated carbocycles. The second kappa shape index (κ2) is 9.47. The van der Waals surface area contributed by atoms with Crippen molar-refractivity contribution in [1.29, 1.82) is 0 Å². The molecule has 0 aliphatic heterocycles. The van der Waals surface area contributed by atoms with Crippen molar-refractivity contribution >= 4 is 17.7 Å². The summed E-state index contributed by atoms with van der Waals surface area (Å²) in [6, 6.07) is 20.4. The van der Waals surface area contributed by atoms with Crippen LogP contribution in [0.4, 0.5) is 0 Å². The van der Waals surface area contributed by atoms with Crippen molar-refractivity contribution in [3.05, 3.63) is 60.7 Å². The van der Waals surface area contributed by atoms with Gasteiger partial charge in [-0.3, -0.25) is 9.36 Å². The minimum Gasteiger partial charge on any atom is -0.352 e. The highest BCUT2D eigenvalue weighted by Crippen LogP contribution is 2.30. The topological polar surface area (TPSA) is 59.8 Å². The number of aromatic nitrogens is 3.